The molecule has 1 unspecified atom stereocenters. The highest BCUT2D eigenvalue weighted by Crippen LogP contribution is 2.09. The number of aromatic nitrogens is 2. The molecule has 0 aromatic carbocycles. The molecule has 66 valence electrons. The van der Waals surface area contributed by atoms with Crippen molar-refractivity contribution in [1.29, 1.82) is 0 Å². The molecular weight excluding hydrogens is 158 g/mol. The summed E-state index contributed by atoms with van der Waals surface area (Å²) < 4.78 is 1.72. The lowest BCUT2D eigenvalue weighted by Crippen LogP contribution is -2.18. The van der Waals surface area contributed by atoms with E-state index in [1.807, 2.05) is 0 Å². The van der Waals surface area contributed by atoms with Gasteiger partial charge < -0.3 is 15.4 Å². The van der Waals surface area contributed by atoms with Gasteiger partial charge >= 0.3 is 5.97 Å². The largest absolute Gasteiger partial charge is 0.481 e. The van der Waals surface area contributed by atoms with Gasteiger partial charge in [0.15, 0.2) is 0 Å². The summed E-state index contributed by atoms with van der Waals surface area (Å²) in [7, 11) is 1.78. The van der Waals surface area contributed by atoms with Crippen LogP contribution in [0.15, 0.2) is 12.4 Å². The minimum Gasteiger partial charge on any atom is -0.481 e. The molecule has 0 saturated carbocycles. The number of carboxylic acids is 1. The van der Waals surface area contributed by atoms with Crippen molar-refractivity contribution in [3.05, 3.63) is 18.2 Å². The van der Waals surface area contributed by atoms with Crippen molar-refractivity contribution in [3.8, 4) is 0 Å². The molecule has 0 saturated heterocycles. The number of hydrogen-bond donors (Lipinski definition) is 2. The minimum absolute atomic E-state index is 0.0924. The van der Waals surface area contributed by atoms with E-state index in [-0.39, 0.29) is 6.42 Å². The van der Waals surface area contributed by atoms with Crippen LogP contribution in [0.5, 0.6) is 0 Å². The maximum atomic E-state index is 10.3. The zero-order valence-corrected chi connectivity index (χ0v) is 6.77. The van der Waals surface area contributed by atoms with Crippen LogP contribution in [-0.4, -0.2) is 20.6 Å². The Kier molecular flexibility index (Phi) is 2.44. The maximum absolute atomic E-state index is 10.3. The third kappa shape index (κ3) is 1.82. The van der Waals surface area contributed by atoms with Gasteiger partial charge in [-0.05, 0) is 0 Å². The minimum atomic E-state index is -0.912. The van der Waals surface area contributed by atoms with E-state index < -0.39 is 12.0 Å². The summed E-state index contributed by atoms with van der Waals surface area (Å²) in [5.41, 5.74) is 5.58. The molecule has 0 aliphatic rings. The molecule has 5 nitrogen and oxygen atoms in total. The van der Waals surface area contributed by atoms with E-state index in [1.165, 1.54) is 0 Å². The van der Waals surface area contributed by atoms with Crippen molar-refractivity contribution in [3.63, 3.8) is 0 Å². The number of imidazole rings is 1. The summed E-state index contributed by atoms with van der Waals surface area (Å²) in [6.45, 7) is 0. The monoisotopic (exact) mass is 169 g/mol. The number of aliphatic carboxylic acids is 1. The van der Waals surface area contributed by atoms with Crippen LogP contribution in [0.2, 0.25) is 0 Å². The first-order valence-corrected chi connectivity index (χ1v) is 3.56. The molecular formula is C7H11N3O2. The summed E-state index contributed by atoms with van der Waals surface area (Å²) in [6, 6.07) is -0.525. The SMILES string of the molecule is Cn1ccnc1C(N)CC(=O)O. The summed E-state index contributed by atoms with van der Waals surface area (Å²) in [6.07, 6.45) is 3.24. The fraction of sp³-hybridized carbons (Fsp3) is 0.429. The second-order valence-corrected chi connectivity index (χ2v) is 2.60. The van der Waals surface area contributed by atoms with Gasteiger partial charge in [-0.15, -0.1) is 0 Å². The van der Waals surface area contributed by atoms with Crippen molar-refractivity contribution < 1.29 is 9.90 Å². The number of carboxylic acid groups (broad SMARTS) is 1. The van der Waals surface area contributed by atoms with Crippen LogP contribution < -0.4 is 5.73 Å². The predicted molar refractivity (Wildman–Crippen MR) is 42.4 cm³/mol. The summed E-state index contributed by atoms with van der Waals surface area (Å²) in [5, 5.41) is 8.46. The number of aryl methyl sites for hydroxylation is 1. The third-order valence-corrected chi connectivity index (χ3v) is 1.58. The number of hydrogen-bond acceptors (Lipinski definition) is 3. The first kappa shape index (κ1) is 8.73. The Morgan fingerprint density at radius 2 is 2.58 bits per heavy atom. The molecule has 12 heavy (non-hydrogen) atoms. The zero-order valence-electron chi connectivity index (χ0n) is 6.77. The summed E-state index contributed by atoms with van der Waals surface area (Å²) >= 11 is 0. The molecule has 0 bridgehead atoms. The summed E-state index contributed by atoms with van der Waals surface area (Å²) in [4.78, 5) is 14.2. The smallest absolute Gasteiger partial charge is 0.305 e. The standard InChI is InChI=1S/C7H11N3O2/c1-10-3-2-9-7(10)5(8)4-6(11)12/h2-3,5H,4,8H2,1H3,(H,11,12). The van der Waals surface area contributed by atoms with Gasteiger partial charge in [0.25, 0.3) is 0 Å². The molecule has 0 amide bonds. The van der Waals surface area contributed by atoms with E-state index in [0.29, 0.717) is 5.82 Å². The molecule has 1 rings (SSSR count). The van der Waals surface area contributed by atoms with E-state index in [0.717, 1.165) is 0 Å². The van der Waals surface area contributed by atoms with Crippen molar-refractivity contribution in [2.75, 3.05) is 0 Å². The average Bonchev–Trinajstić information content (AvgIpc) is 2.33. The second-order valence-electron chi connectivity index (χ2n) is 2.60. The molecule has 1 atom stereocenters. The predicted octanol–water partition coefficient (Wildman–Crippen LogP) is -0.105. The molecule has 1 heterocycles. The Morgan fingerprint density at radius 1 is 1.92 bits per heavy atom. The van der Waals surface area contributed by atoms with Crippen LogP contribution in [0.3, 0.4) is 0 Å². The van der Waals surface area contributed by atoms with Gasteiger partial charge in [-0.25, -0.2) is 4.98 Å². The second kappa shape index (κ2) is 3.36. The number of carbonyl (C=O) groups is 1. The Balaban J connectivity index is 2.71. The average molecular weight is 169 g/mol. The molecule has 5 heteroatoms. The van der Waals surface area contributed by atoms with Gasteiger partial charge in [-0.3, -0.25) is 4.79 Å². The Bertz CT molecular complexity index is 282. The molecule has 0 spiro atoms. The van der Waals surface area contributed by atoms with Gasteiger partial charge in [0.05, 0.1) is 12.5 Å². The van der Waals surface area contributed by atoms with E-state index in [1.54, 1.807) is 24.0 Å². The van der Waals surface area contributed by atoms with E-state index >= 15 is 0 Å². The fourth-order valence-corrected chi connectivity index (χ4v) is 1.01. The van der Waals surface area contributed by atoms with Crippen LogP contribution in [0.25, 0.3) is 0 Å². The quantitative estimate of drug-likeness (QED) is 0.661. The van der Waals surface area contributed by atoms with Crippen LogP contribution in [0, 0.1) is 0 Å². The lowest BCUT2D eigenvalue weighted by Gasteiger charge is -2.07. The molecule has 0 fully saturated rings. The van der Waals surface area contributed by atoms with E-state index in [2.05, 4.69) is 4.98 Å². The molecule has 0 aliphatic heterocycles. The fourth-order valence-electron chi connectivity index (χ4n) is 1.01. The Morgan fingerprint density at radius 3 is 3.00 bits per heavy atom. The van der Waals surface area contributed by atoms with Gasteiger partial charge in [-0.2, -0.15) is 0 Å². The molecule has 1 aromatic rings. The van der Waals surface area contributed by atoms with Crippen molar-refractivity contribution >= 4 is 5.97 Å². The number of rotatable bonds is 3. The topological polar surface area (TPSA) is 81.1 Å². The first-order valence-electron chi connectivity index (χ1n) is 3.56. The first-order chi connectivity index (χ1) is 5.61. The van der Waals surface area contributed by atoms with Crippen molar-refractivity contribution in [2.45, 2.75) is 12.5 Å². The lowest BCUT2D eigenvalue weighted by molar-refractivity contribution is -0.137. The van der Waals surface area contributed by atoms with Gasteiger partial charge in [0, 0.05) is 19.4 Å². The van der Waals surface area contributed by atoms with Crippen LogP contribution in [0.1, 0.15) is 18.3 Å². The zero-order chi connectivity index (χ0) is 9.14. The van der Waals surface area contributed by atoms with Crippen LogP contribution >= 0.6 is 0 Å². The molecule has 0 aliphatic carbocycles. The van der Waals surface area contributed by atoms with Gasteiger partial charge in [0.1, 0.15) is 5.82 Å². The van der Waals surface area contributed by atoms with Gasteiger partial charge in [-0.1, -0.05) is 0 Å². The van der Waals surface area contributed by atoms with Crippen molar-refractivity contribution in [1.82, 2.24) is 9.55 Å². The lowest BCUT2D eigenvalue weighted by atomic mass is 10.2. The Hall–Kier alpha value is -1.36. The Labute approximate surface area is 69.8 Å². The normalized spacial score (nSPS) is 12.8. The van der Waals surface area contributed by atoms with Crippen LogP contribution in [-0.2, 0) is 11.8 Å². The molecule has 3 N–H and O–H groups in total. The van der Waals surface area contributed by atoms with E-state index in [4.69, 9.17) is 10.8 Å². The highest BCUT2D eigenvalue weighted by molar-refractivity contribution is 5.67. The highest BCUT2D eigenvalue weighted by atomic mass is 16.4. The highest BCUT2D eigenvalue weighted by Gasteiger charge is 2.13. The third-order valence-electron chi connectivity index (χ3n) is 1.58. The molecule has 1 aromatic heterocycles. The summed E-state index contributed by atoms with van der Waals surface area (Å²) in [5.74, 6) is -0.317. The molecule has 0 radical (unpaired) electrons. The van der Waals surface area contributed by atoms with Crippen LogP contribution in [0.4, 0.5) is 0 Å². The number of nitrogens with two attached hydrogens (primary N) is 1. The number of nitrogens with zero attached hydrogens (tertiary/aromatic N) is 2. The van der Waals surface area contributed by atoms with E-state index in [9.17, 15) is 4.79 Å². The van der Waals surface area contributed by atoms with Crippen molar-refractivity contribution in [2.24, 2.45) is 12.8 Å². The maximum Gasteiger partial charge on any atom is 0.305 e. The van der Waals surface area contributed by atoms with Gasteiger partial charge in [0.2, 0.25) is 0 Å².